The molecule has 2 aromatic heterocycles. The van der Waals surface area contributed by atoms with E-state index in [9.17, 15) is 10.1 Å². The van der Waals surface area contributed by atoms with Gasteiger partial charge in [0.25, 0.3) is 5.56 Å². The van der Waals surface area contributed by atoms with E-state index < -0.39 is 0 Å². The lowest BCUT2D eigenvalue weighted by molar-refractivity contribution is -0.0334. The fourth-order valence-electron chi connectivity index (χ4n) is 3.61. The molecule has 7 heteroatoms. The number of aromatic nitrogens is 3. The molecule has 1 aliphatic heterocycles. The van der Waals surface area contributed by atoms with Crippen LogP contribution in [-0.2, 0) is 15.9 Å². The monoisotopic (exact) mass is 428 g/mol. The van der Waals surface area contributed by atoms with Crippen LogP contribution in [0.1, 0.15) is 18.1 Å². The Morgan fingerprint density at radius 3 is 2.28 bits per heavy atom. The summed E-state index contributed by atoms with van der Waals surface area (Å²) < 4.78 is 11.2. The van der Waals surface area contributed by atoms with Crippen LogP contribution in [0.4, 0.5) is 0 Å². The van der Waals surface area contributed by atoms with E-state index in [0.717, 1.165) is 43.1 Å². The van der Waals surface area contributed by atoms with Crippen LogP contribution < -0.4 is 5.56 Å². The van der Waals surface area contributed by atoms with Gasteiger partial charge in [-0.1, -0.05) is 55.5 Å². The second kappa shape index (κ2) is 10.1. The van der Waals surface area contributed by atoms with Gasteiger partial charge in [-0.3, -0.25) is 9.89 Å². The first-order valence-electron chi connectivity index (χ1n) is 10.6. The zero-order valence-electron chi connectivity index (χ0n) is 17.9. The van der Waals surface area contributed by atoms with Gasteiger partial charge >= 0.3 is 0 Å². The average Bonchev–Trinajstić information content (AvgIpc) is 3.29. The summed E-state index contributed by atoms with van der Waals surface area (Å²) >= 11 is 0. The molecule has 0 amide bonds. The largest absolute Gasteiger partial charge is 0.377 e. The van der Waals surface area contributed by atoms with E-state index in [1.54, 1.807) is 0 Å². The van der Waals surface area contributed by atoms with E-state index in [1.807, 2.05) is 61.5 Å². The van der Waals surface area contributed by atoms with Crippen molar-refractivity contribution in [3.8, 4) is 28.5 Å². The van der Waals surface area contributed by atoms with Crippen molar-refractivity contribution in [3.63, 3.8) is 0 Å². The Labute approximate surface area is 185 Å². The first-order chi connectivity index (χ1) is 15.7. The lowest BCUT2D eigenvalue weighted by atomic mass is 9.99. The molecular weight excluding hydrogens is 404 g/mol. The van der Waals surface area contributed by atoms with E-state index in [0.29, 0.717) is 28.9 Å². The summed E-state index contributed by atoms with van der Waals surface area (Å²) in [7, 11) is 0. The summed E-state index contributed by atoms with van der Waals surface area (Å²) in [5.41, 5.74) is 4.82. The molecule has 162 valence electrons. The van der Waals surface area contributed by atoms with Gasteiger partial charge in [0, 0.05) is 17.3 Å². The summed E-state index contributed by atoms with van der Waals surface area (Å²) in [5.74, 6) is 0. The zero-order chi connectivity index (χ0) is 22.3. The molecule has 0 unspecified atom stereocenters. The Morgan fingerprint density at radius 1 is 1.00 bits per heavy atom. The molecule has 1 saturated heterocycles. The Bertz CT molecular complexity index is 1290. The summed E-state index contributed by atoms with van der Waals surface area (Å²) in [6.07, 6.45) is 2.06. The molecule has 2 aromatic carbocycles. The molecule has 0 radical (unpaired) electrons. The van der Waals surface area contributed by atoms with Gasteiger partial charge in [0.15, 0.2) is 5.65 Å². The number of fused-ring (bicyclic) bond motifs is 1. The van der Waals surface area contributed by atoms with Crippen LogP contribution in [0.25, 0.3) is 28.0 Å². The zero-order valence-corrected chi connectivity index (χ0v) is 17.9. The molecule has 1 aliphatic rings. The van der Waals surface area contributed by atoms with Gasteiger partial charge in [0.2, 0.25) is 0 Å². The van der Waals surface area contributed by atoms with Crippen LogP contribution in [0, 0.1) is 11.3 Å². The summed E-state index contributed by atoms with van der Waals surface area (Å²) in [6.45, 7) is 5.05. The summed E-state index contributed by atoms with van der Waals surface area (Å²) in [5, 5.41) is 12.1. The number of rotatable bonds is 3. The van der Waals surface area contributed by atoms with Crippen LogP contribution in [0.2, 0.25) is 0 Å². The van der Waals surface area contributed by atoms with E-state index in [1.165, 1.54) is 10.7 Å². The van der Waals surface area contributed by atoms with Crippen LogP contribution in [0.15, 0.2) is 65.6 Å². The van der Waals surface area contributed by atoms with Gasteiger partial charge in [-0.25, -0.2) is 9.50 Å². The molecule has 4 aromatic rings. The normalized spacial score (nSPS) is 13.2. The minimum atomic E-state index is -0.167. The number of aromatic amines is 1. The Balaban J connectivity index is 0.000000354. The Hall–Kier alpha value is -3.73. The van der Waals surface area contributed by atoms with E-state index in [2.05, 4.69) is 16.2 Å². The maximum absolute atomic E-state index is 12.8. The fourth-order valence-corrected chi connectivity index (χ4v) is 3.61. The number of H-pyrrole nitrogens is 1. The quantitative estimate of drug-likeness (QED) is 0.535. The second-order valence-electron chi connectivity index (χ2n) is 7.23. The molecular formula is C25H24N4O3. The lowest BCUT2D eigenvalue weighted by Gasteiger charge is -2.10. The molecule has 0 atom stereocenters. The lowest BCUT2D eigenvalue weighted by Crippen LogP contribution is -2.21. The molecule has 32 heavy (non-hydrogen) atoms. The van der Waals surface area contributed by atoms with Crippen molar-refractivity contribution >= 4 is 5.65 Å². The van der Waals surface area contributed by atoms with E-state index >= 15 is 0 Å². The molecule has 0 saturated carbocycles. The maximum Gasteiger partial charge on any atom is 0.276 e. The first-order valence-corrected chi connectivity index (χ1v) is 10.6. The molecule has 0 bridgehead atoms. The number of benzene rings is 2. The highest BCUT2D eigenvalue weighted by molar-refractivity contribution is 5.74. The van der Waals surface area contributed by atoms with E-state index in [-0.39, 0.29) is 5.56 Å². The van der Waals surface area contributed by atoms with Crippen LogP contribution in [-0.4, -0.2) is 41.0 Å². The molecule has 1 N–H and O–H groups in total. The average molecular weight is 428 g/mol. The van der Waals surface area contributed by atoms with Gasteiger partial charge in [0.1, 0.15) is 11.6 Å². The van der Waals surface area contributed by atoms with Crippen molar-refractivity contribution in [2.45, 2.75) is 13.3 Å². The van der Waals surface area contributed by atoms with Crippen molar-refractivity contribution in [2.75, 3.05) is 26.4 Å². The summed E-state index contributed by atoms with van der Waals surface area (Å²) in [4.78, 5) is 17.5. The van der Waals surface area contributed by atoms with Crippen LogP contribution in [0.3, 0.4) is 0 Å². The predicted molar refractivity (Wildman–Crippen MR) is 122 cm³/mol. The highest BCUT2D eigenvalue weighted by Gasteiger charge is 2.16. The third-order valence-electron chi connectivity index (χ3n) is 5.22. The van der Waals surface area contributed by atoms with Gasteiger partial charge in [-0.05, 0) is 23.6 Å². The Morgan fingerprint density at radius 2 is 1.66 bits per heavy atom. The number of nitrogens with one attached hydrogen (secondary N) is 1. The molecule has 0 spiro atoms. The van der Waals surface area contributed by atoms with Crippen LogP contribution in [0.5, 0.6) is 0 Å². The summed E-state index contributed by atoms with van der Waals surface area (Å²) in [6, 6.07) is 20.1. The number of nitrogens with zero attached hydrogens (tertiary/aromatic N) is 3. The number of hydrogen-bond acceptors (Lipinski definition) is 5. The third kappa shape index (κ3) is 4.47. The van der Waals surface area contributed by atoms with Crippen molar-refractivity contribution in [1.82, 2.24) is 14.6 Å². The Kier molecular flexibility index (Phi) is 6.75. The number of ether oxygens (including phenoxy) is 2. The second-order valence-corrected chi connectivity index (χ2v) is 7.23. The van der Waals surface area contributed by atoms with Gasteiger partial charge in [0.05, 0.1) is 32.1 Å². The molecule has 1 fully saturated rings. The van der Waals surface area contributed by atoms with Crippen molar-refractivity contribution in [2.24, 2.45) is 0 Å². The highest BCUT2D eigenvalue weighted by Crippen LogP contribution is 2.27. The maximum atomic E-state index is 12.8. The first kappa shape index (κ1) is 21.5. The van der Waals surface area contributed by atoms with Crippen molar-refractivity contribution < 1.29 is 9.47 Å². The van der Waals surface area contributed by atoms with Gasteiger partial charge in [-0.15, -0.1) is 0 Å². The molecule has 7 nitrogen and oxygen atoms in total. The van der Waals surface area contributed by atoms with Crippen molar-refractivity contribution in [1.29, 1.82) is 5.26 Å². The molecule has 0 aliphatic carbocycles. The standard InChI is InChI=1S/C21H16N4O.C4H8O2/c1-2-18-19(24-20-17(12-22)13-23-25(20)21(18)26)16-10-6-9-15(11-16)14-7-4-3-5-8-14;1-2-6-4-3-5-1/h3-11,13,23H,2H2,1H3;1-4H2. The van der Waals surface area contributed by atoms with Crippen molar-refractivity contribution in [3.05, 3.63) is 82.3 Å². The SMILES string of the molecule is C1COCCO1.CCc1c(-c2cccc(-c3ccccc3)c2)nc2c(C#N)c[nH]n2c1=O. The minimum absolute atomic E-state index is 0.167. The molecule has 5 rings (SSSR count). The smallest absolute Gasteiger partial charge is 0.276 e. The fraction of sp³-hybridized carbons (Fsp3) is 0.240. The van der Waals surface area contributed by atoms with Gasteiger partial charge in [-0.2, -0.15) is 5.26 Å². The highest BCUT2D eigenvalue weighted by atomic mass is 16.6. The molecule has 3 heterocycles. The van der Waals surface area contributed by atoms with Crippen LogP contribution >= 0.6 is 0 Å². The predicted octanol–water partition coefficient (Wildman–Crippen LogP) is 3.82. The third-order valence-corrected chi connectivity index (χ3v) is 5.22. The number of hydrogen-bond donors (Lipinski definition) is 1. The minimum Gasteiger partial charge on any atom is -0.377 e. The topological polar surface area (TPSA) is 92.4 Å². The van der Waals surface area contributed by atoms with Gasteiger partial charge < -0.3 is 9.47 Å². The van der Waals surface area contributed by atoms with E-state index in [4.69, 9.17) is 9.47 Å². The number of nitriles is 1.